The molecule has 4 aromatic rings. The molecule has 0 saturated carbocycles. The first-order valence-electron chi connectivity index (χ1n) is 17.8. The number of hydrogen-bond acceptors (Lipinski definition) is 0. The van der Waals surface area contributed by atoms with Crippen LogP contribution in [0.1, 0.15) is 104 Å². The van der Waals surface area contributed by atoms with Crippen LogP contribution in [-0.4, -0.2) is 34.2 Å². The van der Waals surface area contributed by atoms with Gasteiger partial charge in [-0.2, -0.15) is 12.1 Å². The summed E-state index contributed by atoms with van der Waals surface area (Å²) in [7, 11) is 11.0. The zero-order valence-corrected chi connectivity index (χ0v) is 37.1. The summed E-state index contributed by atoms with van der Waals surface area (Å²) < 4.78 is 0. The standard InChI is InChI=1S/2C19H28P.C2H6Si.2ClH.Zr/c2*1-4-7-12-20(13-8-5-2)19-11-9-10-17-14-16(6-3)15-18(17)19;1-3-2;;;/h2*9-11,14-15H,4-8,12-13H2,1-3H3;1-2H3;2*1H;/q2*-1;;;;+4/p-2. The first kappa shape index (κ1) is 44.2. The normalized spacial score (nSPS) is 10.7. The molecule has 0 nitrogen and oxygen atoms in total. The predicted octanol–water partition coefficient (Wildman–Crippen LogP) is 13.8. The van der Waals surface area contributed by atoms with Crippen LogP contribution in [0, 0.1) is 0 Å². The fourth-order valence-corrected chi connectivity index (χ4v) is 11.5. The Hall–Kier alpha value is 0.200. The molecule has 0 aliphatic carbocycles. The molecule has 46 heavy (non-hydrogen) atoms. The summed E-state index contributed by atoms with van der Waals surface area (Å²) in [6, 6.07) is 23.6. The fourth-order valence-electron chi connectivity index (χ4n) is 5.62. The number of halogens is 2. The van der Waals surface area contributed by atoms with Crippen LogP contribution in [0.25, 0.3) is 21.5 Å². The van der Waals surface area contributed by atoms with E-state index in [1.807, 2.05) is 0 Å². The minimum absolute atomic E-state index is 0.0410. The summed E-state index contributed by atoms with van der Waals surface area (Å²) >= 11 is -0.826. The average molecular weight is 795 g/mol. The van der Waals surface area contributed by atoms with Crippen molar-refractivity contribution in [2.24, 2.45) is 0 Å². The molecule has 0 bridgehead atoms. The summed E-state index contributed by atoms with van der Waals surface area (Å²) in [6.45, 7) is 18.1. The van der Waals surface area contributed by atoms with Crippen LogP contribution >= 0.6 is 32.9 Å². The molecular formula is C40H62Cl2P2SiZr. The second-order valence-corrected chi connectivity index (χ2v) is 21.6. The second kappa shape index (κ2) is 28.0. The Labute approximate surface area is 308 Å². The Bertz CT molecular complexity index is 1190. The molecule has 254 valence electrons. The van der Waals surface area contributed by atoms with E-state index in [1.165, 1.54) is 97.9 Å². The van der Waals surface area contributed by atoms with E-state index in [9.17, 15) is 0 Å². The number of fused-ring (bicyclic) bond motifs is 2. The summed E-state index contributed by atoms with van der Waals surface area (Å²) in [4.78, 5) is 0. The van der Waals surface area contributed by atoms with Gasteiger partial charge < -0.3 is 0 Å². The number of rotatable bonds is 16. The summed E-state index contributed by atoms with van der Waals surface area (Å²) in [5.41, 5.74) is 2.99. The SMILES string of the molecule is CCCCP(CCCC)c1cccc2[cH-]c(CC)cc12.CCCCP(CCCC)c1cccc2[cH-]c(CC)cc12.C[Si]C.[Cl][Zr+2][Cl]. The molecular weight excluding hydrogens is 733 g/mol. The van der Waals surface area contributed by atoms with E-state index in [2.05, 4.69) is 115 Å². The van der Waals surface area contributed by atoms with Crippen molar-refractivity contribution in [1.29, 1.82) is 0 Å². The third-order valence-electron chi connectivity index (χ3n) is 8.20. The van der Waals surface area contributed by atoms with Crippen molar-refractivity contribution in [3.63, 3.8) is 0 Å². The van der Waals surface area contributed by atoms with Gasteiger partial charge in [-0.25, -0.2) is 0 Å². The molecule has 0 unspecified atom stereocenters. The first-order valence-corrected chi connectivity index (χ1v) is 29.6. The Balaban J connectivity index is 0.000000393. The van der Waals surface area contributed by atoms with Gasteiger partial charge in [0.15, 0.2) is 0 Å². The van der Waals surface area contributed by atoms with Crippen molar-refractivity contribution in [2.45, 2.75) is 119 Å². The van der Waals surface area contributed by atoms with Gasteiger partial charge in [-0.15, -0.1) is 69.1 Å². The van der Waals surface area contributed by atoms with Gasteiger partial charge in [-0.3, -0.25) is 0 Å². The Morgan fingerprint density at radius 3 is 1.15 bits per heavy atom. The van der Waals surface area contributed by atoms with Crippen LogP contribution in [-0.2, 0) is 33.7 Å². The molecule has 4 rings (SSSR count). The molecule has 0 aliphatic heterocycles. The van der Waals surface area contributed by atoms with E-state index < -0.39 is 20.8 Å². The molecule has 0 heterocycles. The van der Waals surface area contributed by atoms with Crippen molar-refractivity contribution < 1.29 is 20.8 Å². The van der Waals surface area contributed by atoms with Gasteiger partial charge in [0.05, 0.1) is 0 Å². The molecule has 0 aromatic heterocycles. The summed E-state index contributed by atoms with van der Waals surface area (Å²) in [5.74, 6) is 0. The van der Waals surface area contributed by atoms with Gasteiger partial charge in [-0.1, -0.05) is 119 Å². The van der Waals surface area contributed by atoms with Crippen LogP contribution in [0.3, 0.4) is 0 Å². The fraction of sp³-hybridized carbons (Fsp3) is 0.550. The molecule has 0 amide bonds. The van der Waals surface area contributed by atoms with E-state index in [-0.39, 0.29) is 15.8 Å². The summed E-state index contributed by atoms with van der Waals surface area (Å²) in [6.07, 6.45) is 18.8. The molecule has 2 radical (unpaired) electrons. The van der Waals surface area contributed by atoms with Crippen LogP contribution < -0.4 is 10.6 Å². The van der Waals surface area contributed by atoms with Crippen LogP contribution in [0.2, 0.25) is 13.1 Å². The van der Waals surface area contributed by atoms with Gasteiger partial charge in [0.25, 0.3) is 0 Å². The first-order chi connectivity index (χ1) is 22.4. The van der Waals surface area contributed by atoms with Gasteiger partial charge in [0.2, 0.25) is 0 Å². The van der Waals surface area contributed by atoms with E-state index in [0.29, 0.717) is 0 Å². The van der Waals surface area contributed by atoms with Crippen molar-refractivity contribution in [1.82, 2.24) is 0 Å². The minimum atomic E-state index is -0.826. The zero-order valence-electron chi connectivity index (χ0n) is 30.3. The predicted molar refractivity (Wildman–Crippen MR) is 219 cm³/mol. The molecule has 0 N–H and O–H groups in total. The topological polar surface area (TPSA) is 0 Å². The molecule has 4 aromatic carbocycles. The zero-order chi connectivity index (χ0) is 34.2. The van der Waals surface area contributed by atoms with Crippen LogP contribution in [0.4, 0.5) is 0 Å². The van der Waals surface area contributed by atoms with E-state index in [0.717, 1.165) is 22.4 Å². The van der Waals surface area contributed by atoms with E-state index in [4.69, 9.17) is 17.0 Å². The molecule has 0 fully saturated rings. The van der Waals surface area contributed by atoms with Gasteiger partial charge >= 0.3 is 37.9 Å². The molecule has 0 spiro atoms. The number of hydrogen-bond donors (Lipinski definition) is 0. The average Bonchev–Trinajstić information content (AvgIpc) is 3.70. The third-order valence-corrected chi connectivity index (χ3v) is 13.8. The molecule has 0 aliphatic rings. The second-order valence-electron chi connectivity index (χ2n) is 12.0. The van der Waals surface area contributed by atoms with Gasteiger partial charge in [-0.05, 0) is 63.2 Å². The van der Waals surface area contributed by atoms with E-state index in [1.54, 1.807) is 21.4 Å². The number of aryl methyl sites for hydroxylation is 2. The number of unbranched alkanes of at least 4 members (excludes halogenated alkanes) is 4. The Kier molecular flexibility index (Phi) is 26.9. The van der Waals surface area contributed by atoms with Crippen molar-refractivity contribution in [3.05, 3.63) is 71.8 Å². The summed E-state index contributed by atoms with van der Waals surface area (Å²) in [5, 5.41) is 9.34. The van der Waals surface area contributed by atoms with Crippen molar-refractivity contribution in [2.75, 3.05) is 24.6 Å². The van der Waals surface area contributed by atoms with Crippen LogP contribution in [0.15, 0.2) is 60.7 Å². The Morgan fingerprint density at radius 2 is 0.891 bits per heavy atom. The quantitative estimate of drug-likeness (QED) is 0.0602. The maximum absolute atomic E-state index is 4.93. The van der Waals surface area contributed by atoms with Crippen molar-refractivity contribution >= 4 is 74.5 Å². The van der Waals surface area contributed by atoms with Crippen LogP contribution in [0.5, 0.6) is 0 Å². The van der Waals surface area contributed by atoms with E-state index >= 15 is 0 Å². The monoisotopic (exact) mass is 792 g/mol. The molecule has 6 heteroatoms. The van der Waals surface area contributed by atoms with Gasteiger partial charge in [0, 0.05) is 9.52 Å². The number of benzene rings is 2. The van der Waals surface area contributed by atoms with Crippen molar-refractivity contribution in [3.8, 4) is 0 Å². The third kappa shape index (κ3) is 15.8. The maximum atomic E-state index is 4.93. The Morgan fingerprint density at radius 1 is 0.587 bits per heavy atom. The molecule has 0 saturated heterocycles. The van der Waals surface area contributed by atoms with Gasteiger partial charge in [0.1, 0.15) is 0 Å². The molecule has 0 atom stereocenters.